The first-order valence-corrected chi connectivity index (χ1v) is 8.07. The Balaban J connectivity index is 1.96. The minimum absolute atomic E-state index is 0.546. The van der Waals surface area contributed by atoms with Gasteiger partial charge in [0.05, 0.1) is 6.26 Å². The maximum Gasteiger partial charge on any atom is 0.142 e. The molecule has 0 bridgehead atoms. The monoisotopic (exact) mass is 299 g/mol. The average Bonchev–Trinajstić information content (AvgIpc) is 3.01. The predicted octanol–water partition coefficient (Wildman–Crippen LogP) is 6.49. The van der Waals surface area contributed by atoms with E-state index in [1.54, 1.807) is 0 Å². The van der Waals surface area contributed by atoms with E-state index < -0.39 is 0 Å². The van der Waals surface area contributed by atoms with Crippen LogP contribution in [-0.2, 0) is 0 Å². The Morgan fingerprint density at radius 2 is 1.70 bits per heavy atom. The number of rotatable bonds is 2. The molecule has 23 heavy (non-hydrogen) atoms. The maximum absolute atomic E-state index is 5.96. The van der Waals surface area contributed by atoms with Gasteiger partial charge in [-0.05, 0) is 41.0 Å². The van der Waals surface area contributed by atoms with Gasteiger partial charge in [-0.25, -0.2) is 0 Å². The summed E-state index contributed by atoms with van der Waals surface area (Å²) in [6, 6.07) is 20.6. The highest BCUT2D eigenvalue weighted by molar-refractivity contribution is 6.10. The topological polar surface area (TPSA) is 13.1 Å². The zero-order valence-electron chi connectivity index (χ0n) is 13.7. The summed E-state index contributed by atoms with van der Waals surface area (Å²) >= 11 is 0. The molecule has 4 aromatic rings. The fourth-order valence-electron chi connectivity index (χ4n) is 3.24. The summed E-state index contributed by atoms with van der Waals surface area (Å²) in [5.74, 6) is 0.546. The van der Waals surface area contributed by atoms with Crippen molar-refractivity contribution in [1.29, 1.82) is 0 Å². The van der Waals surface area contributed by atoms with Crippen LogP contribution in [0.4, 0.5) is 0 Å². The quantitative estimate of drug-likeness (QED) is 0.412. The molecular formula is C22H19O. The SMILES string of the molecule is Cc1[c]c2ccccc2c2occ(-c3ccc(C(C)C)cc3)c12. The highest BCUT2D eigenvalue weighted by Gasteiger charge is 2.14. The van der Waals surface area contributed by atoms with Crippen molar-refractivity contribution >= 4 is 21.7 Å². The minimum Gasteiger partial charge on any atom is -0.463 e. The minimum atomic E-state index is 0.546. The van der Waals surface area contributed by atoms with Crippen molar-refractivity contribution in [3.63, 3.8) is 0 Å². The van der Waals surface area contributed by atoms with Gasteiger partial charge in [-0.3, -0.25) is 0 Å². The van der Waals surface area contributed by atoms with Crippen molar-refractivity contribution in [3.05, 3.63) is 72.0 Å². The Labute approximate surface area is 136 Å². The molecule has 0 atom stereocenters. The average molecular weight is 299 g/mol. The molecule has 0 amide bonds. The second-order valence-electron chi connectivity index (χ2n) is 6.43. The predicted molar refractivity (Wildman–Crippen MR) is 96.8 cm³/mol. The number of fused-ring (bicyclic) bond motifs is 3. The Morgan fingerprint density at radius 1 is 0.957 bits per heavy atom. The molecule has 0 saturated carbocycles. The van der Waals surface area contributed by atoms with E-state index in [9.17, 15) is 0 Å². The summed E-state index contributed by atoms with van der Waals surface area (Å²) in [4.78, 5) is 0. The summed E-state index contributed by atoms with van der Waals surface area (Å²) in [6.45, 7) is 6.54. The van der Waals surface area contributed by atoms with Gasteiger partial charge in [0.2, 0.25) is 0 Å². The lowest BCUT2D eigenvalue weighted by molar-refractivity contribution is 0.620. The fraction of sp³-hybridized carbons (Fsp3) is 0.182. The highest BCUT2D eigenvalue weighted by Crippen LogP contribution is 2.37. The molecule has 0 fully saturated rings. The third-order valence-corrected chi connectivity index (χ3v) is 4.55. The van der Waals surface area contributed by atoms with Gasteiger partial charge in [0, 0.05) is 16.3 Å². The maximum atomic E-state index is 5.96. The van der Waals surface area contributed by atoms with Crippen LogP contribution >= 0.6 is 0 Å². The lowest BCUT2D eigenvalue weighted by Gasteiger charge is -2.07. The molecule has 1 radical (unpaired) electrons. The molecule has 1 aromatic heterocycles. The van der Waals surface area contributed by atoms with E-state index in [4.69, 9.17) is 4.42 Å². The molecule has 0 aliphatic rings. The number of furan rings is 1. The standard InChI is InChI=1S/C22H19O/c1-14(2)16-8-10-17(11-9-16)20-13-23-22-19-7-5-4-6-18(19)12-15(3)21(20)22/h4-11,13-14H,1-3H3. The zero-order chi connectivity index (χ0) is 16.0. The van der Waals surface area contributed by atoms with Crippen LogP contribution in [0.3, 0.4) is 0 Å². The van der Waals surface area contributed by atoms with Crippen LogP contribution in [-0.4, -0.2) is 0 Å². The van der Waals surface area contributed by atoms with Crippen molar-refractivity contribution in [3.8, 4) is 11.1 Å². The summed E-state index contributed by atoms with van der Waals surface area (Å²) in [5, 5.41) is 3.40. The van der Waals surface area contributed by atoms with E-state index in [1.165, 1.54) is 16.5 Å². The van der Waals surface area contributed by atoms with Gasteiger partial charge in [0.15, 0.2) is 0 Å². The van der Waals surface area contributed by atoms with E-state index in [0.29, 0.717) is 5.92 Å². The van der Waals surface area contributed by atoms with Crippen molar-refractivity contribution in [2.24, 2.45) is 0 Å². The largest absolute Gasteiger partial charge is 0.463 e. The van der Waals surface area contributed by atoms with E-state index >= 15 is 0 Å². The third-order valence-electron chi connectivity index (χ3n) is 4.55. The number of aryl methyl sites for hydroxylation is 1. The molecule has 1 heteroatoms. The van der Waals surface area contributed by atoms with Gasteiger partial charge in [0.25, 0.3) is 0 Å². The zero-order valence-corrected chi connectivity index (χ0v) is 13.7. The second-order valence-corrected chi connectivity index (χ2v) is 6.43. The van der Waals surface area contributed by atoms with Crippen LogP contribution < -0.4 is 0 Å². The Bertz CT molecular complexity index is 988. The van der Waals surface area contributed by atoms with Crippen molar-refractivity contribution < 1.29 is 4.42 Å². The van der Waals surface area contributed by atoms with Crippen molar-refractivity contribution in [2.45, 2.75) is 26.7 Å². The Hall–Kier alpha value is -2.54. The second kappa shape index (κ2) is 5.27. The number of hydrogen-bond donors (Lipinski definition) is 0. The van der Waals surface area contributed by atoms with Crippen LogP contribution in [0.5, 0.6) is 0 Å². The van der Waals surface area contributed by atoms with Crippen LogP contribution in [0.1, 0.15) is 30.9 Å². The first kappa shape index (κ1) is 14.1. The smallest absolute Gasteiger partial charge is 0.142 e. The lowest BCUT2D eigenvalue weighted by atomic mass is 9.95. The lowest BCUT2D eigenvalue weighted by Crippen LogP contribution is -1.87. The Morgan fingerprint density at radius 3 is 2.43 bits per heavy atom. The Kier molecular flexibility index (Phi) is 3.23. The van der Waals surface area contributed by atoms with Gasteiger partial charge >= 0.3 is 0 Å². The molecule has 1 heterocycles. The summed E-state index contributed by atoms with van der Waals surface area (Å²) in [5.41, 5.74) is 5.79. The molecular weight excluding hydrogens is 280 g/mol. The molecule has 0 unspecified atom stereocenters. The molecule has 0 saturated heterocycles. The molecule has 3 aromatic carbocycles. The molecule has 1 nitrogen and oxygen atoms in total. The third kappa shape index (κ3) is 2.24. The highest BCUT2D eigenvalue weighted by atomic mass is 16.3. The number of hydrogen-bond acceptors (Lipinski definition) is 1. The van der Waals surface area contributed by atoms with Gasteiger partial charge in [0.1, 0.15) is 5.58 Å². The van der Waals surface area contributed by atoms with E-state index in [0.717, 1.165) is 27.5 Å². The molecule has 4 rings (SSSR count). The molecule has 0 aliphatic carbocycles. The molecule has 113 valence electrons. The normalized spacial score (nSPS) is 11.7. The molecule has 0 aliphatic heterocycles. The van der Waals surface area contributed by atoms with E-state index in [-0.39, 0.29) is 0 Å². The van der Waals surface area contributed by atoms with Crippen molar-refractivity contribution in [2.75, 3.05) is 0 Å². The fourth-order valence-corrected chi connectivity index (χ4v) is 3.24. The van der Waals surface area contributed by atoms with Gasteiger partial charge < -0.3 is 4.42 Å². The first-order chi connectivity index (χ1) is 11.1. The summed E-state index contributed by atoms with van der Waals surface area (Å²) in [6.07, 6.45) is 1.88. The number of benzene rings is 3. The summed E-state index contributed by atoms with van der Waals surface area (Å²) < 4.78 is 5.96. The van der Waals surface area contributed by atoms with Gasteiger partial charge in [-0.1, -0.05) is 62.4 Å². The van der Waals surface area contributed by atoms with Crippen LogP contribution in [0.2, 0.25) is 0 Å². The molecule has 0 spiro atoms. The van der Waals surface area contributed by atoms with Crippen molar-refractivity contribution in [1.82, 2.24) is 0 Å². The summed E-state index contributed by atoms with van der Waals surface area (Å²) in [7, 11) is 0. The van der Waals surface area contributed by atoms with Crippen LogP contribution in [0, 0.1) is 13.0 Å². The van der Waals surface area contributed by atoms with E-state index in [2.05, 4.69) is 63.2 Å². The van der Waals surface area contributed by atoms with Gasteiger partial charge in [-0.15, -0.1) is 0 Å². The van der Waals surface area contributed by atoms with Gasteiger partial charge in [-0.2, -0.15) is 0 Å². The van der Waals surface area contributed by atoms with Crippen LogP contribution in [0.25, 0.3) is 32.9 Å². The molecule has 0 N–H and O–H groups in total. The first-order valence-electron chi connectivity index (χ1n) is 8.07. The van der Waals surface area contributed by atoms with Crippen LogP contribution in [0.15, 0.2) is 59.2 Å². The van der Waals surface area contributed by atoms with E-state index in [1.807, 2.05) is 18.4 Å².